The molecule has 2 aromatic heterocycles. The molecule has 1 amide bonds. The number of nitrogens with zero attached hydrogens (tertiary/aromatic N) is 3. The van der Waals surface area contributed by atoms with Crippen LogP contribution >= 0.6 is 0 Å². The Morgan fingerprint density at radius 2 is 1.91 bits per heavy atom. The molecule has 2 aromatic carbocycles. The summed E-state index contributed by atoms with van der Waals surface area (Å²) in [7, 11) is 0. The van der Waals surface area contributed by atoms with Gasteiger partial charge in [0.15, 0.2) is 5.65 Å². The molecule has 1 atom stereocenters. The Morgan fingerprint density at radius 1 is 1.18 bits per heavy atom. The molecule has 4 aromatic rings. The van der Waals surface area contributed by atoms with Gasteiger partial charge < -0.3 is 16.2 Å². The summed E-state index contributed by atoms with van der Waals surface area (Å²) in [6, 6.07) is 9.65. The van der Waals surface area contributed by atoms with Crippen LogP contribution in [0.3, 0.4) is 0 Å². The molecule has 0 radical (unpaired) electrons. The predicted octanol–water partition coefficient (Wildman–Crippen LogP) is 3.56. The number of halogens is 3. The summed E-state index contributed by atoms with van der Waals surface area (Å²) in [6.07, 6.45) is -0.0447. The van der Waals surface area contributed by atoms with Gasteiger partial charge in [0.2, 0.25) is 5.95 Å². The molecule has 4 N–H and O–H groups in total. The number of pyridine rings is 1. The van der Waals surface area contributed by atoms with E-state index in [1.54, 1.807) is 37.4 Å². The molecule has 0 unspecified atom stereocenters. The second kappa shape index (κ2) is 8.91. The van der Waals surface area contributed by atoms with E-state index in [1.807, 2.05) is 0 Å². The third kappa shape index (κ3) is 4.37. The highest BCUT2D eigenvalue weighted by atomic mass is 19.1. The number of nitrogens with one attached hydrogen (secondary N) is 1. The topological polar surface area (TPSA) is 106 Å². The molecule has 0 spiro atoms. The normalized spacial score (nSPS) is 12.2. The highest BCUT2D eigenvalue weighted by Crippen LogP contribution is 2.28. The van der Waals surface area contributed by atoms with Crippen LogP contribution in [0.15, 0.2) is 48.7 Å². The average molecular weight is 455 g/mol. The number of nitrogen functional groups attached to an aromatic ring is 1. The quantitative estimate of drug-likeness (QED) is 0.412. The number of rotatable bonds is 6. The van der Waals surface area contributed by atoms with Gasteiger partial charge >= 0.3 is 0 Å². The maximum absolute atomic E-state index is 15.4. The minimum absolute atomic E-state index is 0.0778. The number of amides is 1. The van der Waals surface area contributed by atoms with E-state index >= 15 is 4.39 Å². The fourth-order valence-electron chi connectivity index (χ4n) is 3.62. The maximum Gasteiger partial charge on any atom is 0.254 e. The van der Waals surface area contributed by atoms with Crippen LogP contribution in [0.25, 0.3) is 16.8 Å². The molecule has 0 saturated heterocycles. The molecule has 10 heteroatoms. The summed E-state index contributed by atoms with van der Waals surface area (Å²) < 4.78 is 44.4. The molecule has 2 heterocycles. The number of benzene rings is 2. The molecule has 33 heavy (non-hydrogen) atoms. The van der Waals surface area contributed by atoms with Crippen LogP contribution in [-0.2, 0) is 0 Å². The van der Waals surface area contributed by atoms with E-state index in [0.29, 0.717) is 16.8 Å². The van der Waals surface area contributed by atoms with Crippen LogP contribution in [0.1, 0.15) is 34.0 Å². The molecule has 0 saturated carbocycles. The van der Waals surface area contributed by atoms with E-state index in [4.69, 9.17) is 5.73 Å². The van der Waals surface area contributed by atoms with Crippen LogP contribution in [0.2, 0.25) is 0 Å². The number of aliphatic hydroxyl groups is 1. The third-order valence-corrected chi connectivity index (χ3v) is 5.28. The highest BCUT2D eigenvalue weighted by molar-refractivity contribution is 5.97. The highest BCUT2D eigenvalue weighted by Gasteiger charge is 2.21. The first kappa shape index (κ1) is 22.3. The molecule has 0 aliphatic heterocycles. The van der Waals surface area contributed by atoms with Crippen LogP contribution in [0.4, 0.5) is 19.1 Å². The summed E-state index contributed by atoms with van der Waals surface area (Å²) >= 11 is 0. The number of aryl methyl sites for hydroxylation is 1. The average Bonchev–Trinajstić information content (AvgIpc) is 3.13. The second-order valence-electron chi connectivity index (χ2n) is 7.50. The summed E-state index contributed by atoms with van der Waals surface area (Å²) in [5, 5.41) is 16.6. The number of carbonyl (C=O) groups excluding carboxylic acids is 1. The zero-order chi connectivity index (χ0) is 23.7. The largest absolute Gasteiger partial charge is 0.388 e. The Labute approximate surface area is 186 Å². The lowest BCUT2D eigenvalue weighted by Gasteiger charge is -2.15. The lowest BCUT2D eigenvalue weighted by atomic mass is 9.98. The van der Waals surface area contributed by atoms with E-state index in [9.17, 15) is 18.7 Å². The second-order valence-corrected chi connectivity index (χ2v) is 7.50. The first-order chi connectivity index (χ1) is 15.8. The Hall–Kier alpha value is -3.92. The van der Waals surface area contributed by atoms with Crippen molar-refractivity contribution in [3.05, 3.63) is 82.8 Å². The number of nitrogens with two attached hydrogens (primary N) is 1. The van der Waals surface area contributed by atoms with Gasteiger partial charge in [0.05, 0.1) is 17.2 Å². The molecule has 0 aliphatic carbocycles. The van der Waals surface area contributed by atoms with E-state index < -0.39 is 35.0 Å². The molecule has 4 rings (SSSR count). The van der Waals surface area contributed by atoms with Gasteiger partial charge in [0, 0.05) is 18.3 Å². The molecule has 0 aliphatic rings. The van der Waals surface area contributed by atoms with Gasteiger partial charge in [-0.2, -0.15) is 4.98 Å². The van der Waals surface area contributed by atoms with Gasteiger partial charge in [0.1, 0.15) is 17.5 Å². The molecular formula is C23H20F3N5O2. The third-order valence-electron chi connectivity index (χ3n) is 5.28. The fraction of sp³-hybridized carbons (Fsp3) is 0.174. The van der Waals surface area contributed by atoms with Crippen LogP contribution in [0.5, 0.6) is 0 Å². The van der Waals surface area contributed by atoms with Crippen molar-refractivity contribution in [1.82, 2.24) is 19.9 Å². The lowest BCUT2D eigenvalue weighted by molar-refractivity contribution is 0.0937. The van der Waals surface area contributed by atoms with Crippen LogP contribution in [0, 0.1) is 24.4 Å². The predicted molar refractivity (Wildman–Crippen MR) is 116 cm³/mol. The minimum Gasteiger partial charge on any atom is -0.388 e. The monoisotopic (exact) mass is 455 g/mol. The number of hydrogen-bond donors (Lipinski definition) is 3. The zero-order valence-corrected chi connectivity index (χ0v) is 17.5. The summed E-state index contributed by atoms with van der Waals surface area (Å²) in [5.41, 5.74) is 6.44. The number of hydrogen-bond acceptors (Lipinski definition) is 5. The van der Waals surface area contributed by atoms with Crippen molar-refractivity contribution < 1.29 is 23.1 Å². The SMILES string of the molecule is Cc1ccc(-c2ccn3nc(N)nc3c2)c(F)c1C(=O)NCC[C@H](O)c1c(F)cccc1F. The van der Waals surface area contributed by atoms with Gasteiger partial charge in [-0.1, -0.05) is 18.2 Å². The van der Waals surface area contributed by atoms with Crippen LogP contribution < -0.4 is 11.1 Å². The zero-order valence-electron chi connectivity index (χ0n) is 17.5. The molecule has 0 fully saturated rings. The van der Waals surface area contributed by atoms with Crippen molar-refractivity contribution in [3.63, 3.8) is 0 Å². The molecule has 170 valence electrons. The van der Waals surface area contributed by atoms with E-state index in [-0.39, 0.29) is 30.0 Å². The Balaban J connectivity index is 1.53. The number of anilines is 1. The van der Waals surface area contributed by atoms with E-state index in [1.165, 1.54) is 10.6 Å². The van der Waals surface area contributed by atoms with Gasteiger partial charge in [-0.05, 0) is 48.7 Å². The summed E-state index contributed by atoms with van der Waals surface area (Å²) in [4.78, 5) is 16.8. The van der Waals surface area contributed by atoms with Crippen molar-refractivity contribution in [3.8, 4) is 11.1 Å². The molecule has 0 bridgehead atoms. The molecular weight excluding hydrogens is 435 g/mol. The number of carbonyl (C=O) groups is 1. The van der Waals surface area contributed by atoms with Crippen LogP contribution in [-0.4, -0.2) is 32.2 Å². The first-order valence-electron chi connectivity index (χ1n) is 10.1. The number of aromatic nitrogens is 3. The molecule has 7 nitrogen and oxygen atoms in total. The minimum atomic E-state index is -1.47. The van der Waals surface area contributed by atoms with Crippen molar-refractivity contribution >= 4 is 17.5 Å². The summed E-state index contributed by atoms with van der Waals surface area (Å²) in [5.74, 6) is -3.12. The van der Waals surface area contributed by atoms with Gasteiger partial charge in [-0.15, -0.1) is 5.10 Å². The van der Waals surface area contributed by atoms with Gasteiger partial charge in [-0.3, -0.25) is 4.79 Å². The van der Waals surface area contributed by atoms with Gasteiger partial charge in [-0.25, -0.2) is 17.7 Å². The van der Waals surface area contributed by atoms with E-state index in [0.717, 1.165) is 12.1 Å². The summed E-state index contributed by atoms with van der Waals surface area (Å²) in [6.45, 7) is 1.47. The van der Waals surface area contributed by atoms with Gasteiger partial charge in [0.25, 0.3) is 5.91 Å². The van der Waals surface area contributed by atoms with E-state index in [2.05, 4.69) is 15.4 Å². The van der Waals surface area contributed by atoms with Crippen molar-refractivity contribution in [2.24, 2.45) is 0 Å². The Morgan fingerprint density at radius 3 is 2.64 bits per heavy atom. The first-order valence-corrected chi connectivity index (χ1v) is 10.1. The fourth-order valence-corrected chi connectivity index (χ4v) is 3.62. The number of fused-ring (bicyclic) bond motifs is 1. The Bertz CT molecular complexity index is 1340. The van der Waals surface area contributed by atoms with Crippen molar-refractivity contribution in [2.75, 3.05) is 12.3 Å². The van der Waals surface area contributed by atoms with Crippen molar-refractivity contribution in [2.45, 2.75) is 19.4 Å². The van der Waals surface area contributed by atoms with Crippen molar-refractivity contribution in [1.29, 1.82) is 0 Å². The Kier molecular flexibility index (Phi) is 6.01. The number of aliphatic hydroxyl groups excluding tert-OH is 1. The smallest absolute Gasteiger partial charge is 0.254 e. The lowest BCUT2D eigenvalue weighted by Crippen LogP contribution is -2.27. The standard InChI is InChI=1S/C23H20F3N5O2/c1-12-5-6-14(13-8-10-31-18(11-13)29-23(27)30-31)21(26)19(12)22(33)28-9-7-17(32)20-15(24)3-2-4-16(20)25/h2-6,8,10-11,17,32H,7,9H2,1H3,(H2,27,30)(H,28,33)/t17-/m0/s1. The maximum atomic E-state index is 15.4.